The predicted molar refractivity (Wildman–Crippen MR) is 86.4 cm³/mol. The van der Waals surface area contributed by atoms with Gasteiger partial charge in [-0.2, -0.15) is 0 Å². The molecule has 4 heteroatoms. The fourth-order valence-corrected chi connectivity index (χ4v) is 2.65. The van der Waals surface area contributed by atoms with Crippen molar-refractivity contribution in [2.24, 2.45) is 11.3 Å². The van der Waals surface area contributed by atoms with Gasteiger partial charge in [-0.25, -0.2) is 0 Å². The summed E-state index contributed by atoms with van der Waals surface area (Å²) in [5.74, 6) is -0.912. The average molecular weight is 312 g/mol. The zero-order valence-electron chi connectivity index (χ0n) is 14.9. The molecule has 0 aromatic heterocycles. The fraction of sp³-hybridized carbons (Fsp3) is 0.889. The summed E-state index contributed by atoms with van der Waals surface area (Å²) in [5, 5.41) is 0. The molecule has 4 nitrogen and oxygen atoms in total. The minimum absolute atomic E-state index is 0.0981. The highest BCUT2D eigenvalue weighted by Crippen LogP contribution is 2.35. The first-order chi connectivity index (χ1) is 10.3. The lowest BCUT2D eigenvalue weighted by atomic mass is 9.82. The fourth-order valence-electron chi connectivity index (χ4n) is 2.65. The molecule has 0 aliphatic heterocycles. The molecule has 0 N–H and O–H groups in total. The molecule has 0 bridgehead atoms. The van der Waals surface area contributed by atoms with Gasteiger partial charge in [-0.05, 0) is 59.3 Å². The molecule has 0 radical (unpaired) electrons. The van der Waals surface area contributed by atoms with E-state index in [-0.39, 0.29) is 24.1 Å². The van der Waals surface area contributed by atoms with Crippen LogP contribution in [-0.2, 0) is 19.1 Å². The number of hydrogen-bond donors (Lipinski definition) is 0. The second-order valence-corrected chi connectivity index (χ2v) is 7.26. The predicted octanol–water partition coefficient (Wildman–Crippen LogP) is 4.26. The first-order valence-corrected chi connectivity index (χ1v) is 8.66. The minimum Gasteiger partial charge on any atom is -0.464 e. The van der Waals surface area contributed by atoms with Gasteiger partial charge in [0.1, 0.15) is 12.2 Å². The zero-order chi connectivity index (χ0) is 16.8. The summed E-state index contributed by atoms with van der Waals surface area (Å²) in [7, 11) is 0. The Hall–Kier alpha value is -1.06. The van der Waals surface area contributed by atoms with Crippen LogP contribution in [0, 0.1) is 11.3 Å². The number of rotatable bonds is 7. The normalized spacial score (nSPS) is 19.3. The van der Waals surface area contributed by atoms with Gasteiger partial charge < -0.3 is 9.47 Å². The molecule has 0 spiro atoms. The van der Waals surface area contributed by atoms with E-state index in [0.717, 1.165) is 32.1 Å². The van der Waals surface area contributed by atoms with Gasteiger partial charge in [-0.15, -0.1) is 0 Å². The van der Waals surface area contributed by atoms with Crippen LogP contribution in [0.15, 0.2) is 0 Å². The van der Waals surface area contributed by atoms with Crippen LogP contribution in [0.2, 0.25) is 0 Å². The summed E-state index contributed by atoms with van der Waals surface area (Å²) in [6, 6.07) is 0. The molecule has 0 aromatic carbocycles. The molecule has 0 heterocycles. The lowest BCUT2D eigenvalue weighted by molar-refractivity contribution is -0.172. The SMILES string of the molecule is CCC1(OC(=O)C(C)COC(=O)C(C)(C)CC)CCCCC1. The van der Waals surface area contributed by atoms with Gasteiger partial charge in [0.15, 0.2) is 0 Å². The van der Waals surface area contributed by atoms with E-state index in [1.165, 1.54) is 6.42 Å². The second kappa shape index (κ2) is 7.98. The van der Waals surface area contributed by atoms with E-state index in [1.807, 2.05) is 20.8 Å². The molecule has 1 aliphatic carbocycles. The smallest absolute Gasteiger partial charge is 0.312 e. The first-order valence-electron chi connectivity index (χ1n) is 8.66. The maximum Gasteiger partial charge on any atom is 0.312 e. The van der Waals surface area contributed by atoms with Crippen LogP contribution in [0.25, 0.3) is 0 Å². The monoisotopic (exact) mass is 312 g/mol. The molecular weight excluding hydrogens is 280 g/mol. The number of carbonyl (C=O) groups is 2. The van der Waals surface area contributed by atoms with E-state index in [0.29, 0.717) is 6.42 Å². The molecule has 0 aromatic rings. The summed E-state index contributed by atoms with van der Waals surface area (Å²) in [6.45, 7) is 9.60. The molecule has 1 fully saturated rings. The van der Waals surface area contributed by atoms with Gasteiger partial charge in [0.25, 0.3) is 0 Å². The van der Waals surface area contributed by atoms with Crippen molar-refractivity contribution in [3.05, 3.63) is 0 Å². The largest absolute Gasteiger partial charge is 0.464 e. The van der Waals surface area contributed by atoms with E-state index >= 15 is 0 Å². The van der Waals surface area contributed by atoms with Crippen LogP contribution in [0.1, 0.15) is 79.6 Å². The van der Waals surface area contributed by atoms with Crippen LogP contribution < -0.4 is 0 Å². The Bertz CT molecular complexity index is 381. The summed E-state index contributed by atoms with van der Waals surface area (Å²) in [6.07, 6.45) is 6.93. The van der Waals surface area contributed by atoms with Crippen LogP contribution in [-0.4, -0.2) is 24.1 Å². The van der Waals surface area contributed by atoms with Crippen molar-refractivity contribution < 1.29 is 19.1 Å². The molecule has 22 heavy (non-hydrogen) atoms. The highest BCUT2D eigenvalue weighted by Gasteiger charge is 2.36. The molecule has 1 atom stereocenters. The third-order valence-corrected chi connectivity index (χ3v) is 5.03. The second-order valence-electron chi connectivity index (χ2n) is 7.26. The van der Waals surface area contributed by atoms with Crippen molar-refractivity contribution >= 4 is 11.9 Å². The molecule has 1 rings (SSSR count). The van der Waals surface area contributed by atoms with Crippen molar-refractivity contribution in [1.29, 1.82) is 0 Å². The third kappa shape index (κ3) is 4.99. The Balaban J connectivity index is 2.49. The summed E-state index contributed by atoms with van der Waals surface area (Å²) in [4.78, 5) is 24.3. The molecule has 128 valence electrons. The Kier molecular flexibility index (Phi) is 6.89. The summed E-state index contributed by atoms with van der Waals surface area (Å²) in [5.41, 5.74) is -0.798. The molecule has 1 aliphatic rings. The lowest BCUT2D eigenvalue weighted by Crippen LogP contribution is -2.39. The number of ether oxygens (including phenoxy) is 2. The van der Waals surface area contributed by atoms with E-state index in [4.69, 9.17) is 9.47 Å². The Morgan fingerprint density at radius 1 is 1.14 bits per heavy atom. The Labute approximate surface area is 134 Å². The van der Waals surface area contributed by atoms with Crippen molar-refractivity contribution in [2.75, 3.05) is 6.61 Å². The van der Waals surface area contributed by atoms with Crippen LogP contribution in [0.3, 0.4) is 0 Å². The summed E-state index contributed by atoms with van der Waals surface area (Å²) < 4.78 is 11.1. The minimum atomic E-state index is -0.502. The maximum atomic E-state index is 12.3. The van der Waals surface area contributed by atoms with Gasteiger partial charge >= 0.3 is 11.9 Å². The molecule has 0 saturated heterocycles. The van der Waals surface area contributed by atoms with Crippen LogP contribution in [0.5, 0.6) is 0 Å². The van der Waals surface area contributed by atoms with Gasteiger partial charge in [0.2, 0.25) is 0 Å². The van der Waals surface area contributed by atoms with Gasteiger partial charge in [0.05, 0.1) is 11.3 Å². The van der Waals surface area contributed by atoms with Gasteiger partial charge in [0, 0.05) is 0 Å². The van der Waals surface area contributed by atoms with E-state index in [2.05, 4.69) is 6.92 Å². The topological polar surface area (TPSA) is 52.6 Å². The number of carbonyl (C=O) groups excluding carboxylic acids is 2. The molecular formula is C18H32O4. The first kappa shape index (κ1) is 19.0. The van der Waals surface area contributed by atoms with Gasteiger partial charge in [-0.1, -0.05) is 20.3 Å². The highest BCUT2D eigenvalue weighted by molar-refractivity contribution is 5.77. The van der Waals surface area contributed by atoms with E-state index < -0.39 is 11.3 Å². The van der Waals surface area contributed by atoms with Crippen LogP contribution >= 0.6 is 0 Å². The summed E-state index contributed by atoms with van der Waals surface area (Å²) >= 11 is 0. The lowest BCUT2D eigenvalue weighted by Gasteiger charge is -2.36. The van der Waals surface area contributed by atoms with Crippen molar-refractivity contribution in [2.45, 2.75) is 85.2 Å². The van der Waals surface area contributed by atoms with E-state index in [1.54, 1.807) is 6.92 Å². The van der Waals surface area contributed by atoms with Crippen LogP contribution in [0.4, 0.5) is 0 Å². The van der Waals surface area contributed by atoms with Crippen molar-refractivity contribution in [3.63, 3.8) is 0 Å². The standard InChI is InChI=1S/C18H32O4/c1-6-17(4,5)16(20)21-13-14(3)15(19)22-18(7-2)11-9-8-10-12-18/h14H,6-13H2,1-5H3. The average Bonchev–Trinajstić information content (AvgIpc) is 2.52. The number of esters is 2. The van der Waals surface area contributed by atoms with Crippen molar-refractivity contribution in [1.82, 2.24) is 0 Å². The quantitative estimate of drug-likeness (QED) is 0.659. The Morgan fingerprint density at radius 3 is 2.23 bits per heavy atom. The number of hydrogen-bond acceptors (Lipinski definition) is 4. The van der Waals surface area contributed by atoms with E-state index in [9.17, 15) is 9.59 Å². The third-order valence-electron chi connectivity index (χ3n) is 5.03. The van der Waals surface area contributed by atoms with Gasteiger partial charge in [-0.3, -0.25) is 9.59 Å². The highest BCUT2D eigenvalue weighted by atomic mass is 16.6. The maximum absolute atomic E-state index is 12.3. The molecule has 1 saturated carbocycles. The van der Waals surface area contributed by atoms with Crippen molar-refractivity contribution in [3.8, 4) is 0 Å². The molecule has 1 unspecified atom stereocenters. The molecule has 0 amide bonds. The zero-order valence-corrected chi connectivity index (χ0v) is 14.9. The Morgan fingerprint density at radius 2 is 1.73 bits per heavy atom.